The Morgan fingerprint density at radius 2 is 2.00 bits per heavy atom. The van der Waals surface area contributed by atoms with E-state index in [1.54, 1.807) is 0 Å². The fourth-order valence-electron chi connectivity index (χ4n) is 0.728. The third kappa shape index (κ3) is 5.85. The van der Waals surface area contributed by atoms with Gasteiger partial charge in [0.25, 0.3) is 0 Å². The summed E-state index contributed by atoms with van der Waals surface area (Å²) in [6.45, 7) is 1.43. The van der Waals surface area contributed by atoms with E-state index in [4.69, 9.17) is 0 Å². The number of hydrogen-bond donors (Lipinski definition) is 1. The van der Waals surface area contributed by atoms with Gasteiger partial charge >= 0.3 is 0 Å². The smallest absolute Gasteiger partial charge is 0.129 e. The minimum Gasteiger partial charge on any atom is -0.548 e. The molecule has 0 aliphatic heterocycles. The van der Waals surface area contributed by atoms with E-state index in [1.807, 2.05) is 0 Å². The Hall–Kier alpha value is -0.900. The van der Waals surface area contributed by atoms with Crippen molar-refractivity contribution in [3.8, 4) is 0 Å². The second kappa shape index (κ2) is 6.79. The quantitative estimate of drug-likeness (QED) is 0.600. The van der Waals surface area contributed by atoms with E-state index in [0.717, 1.165) is 0 Å². The SMILES string of the molecule is C.CNC(CCC(C)=O)C(=O)[O-]. The summed E-state index contributed by atoms with van der Waals surface area (Å²) < 4.78 is 0. The van der Waals surface area contributed by atoms with Crippen LogP contribution in [0.1, 0.15) is 27.2 Å². The van der Waals surface area contributed by atoms with Gasteiger partial charge in [-0.05, 0) is 20.4 Å². The maximum Gasteiger partial charge on any atom is 0.129 e. The molecule has 0 saturated heterocycles. The Labute approximate surface area is 73.0 Å². The summed E-state index contributed by atoms with van der Waals surface area (Å²) in [4.78, 5) is 20.7. The number of Topliss-reactive ketones (excluding diaryl/α,β-unsaturated/α-hetero) is 1. The minimum absolute atomic E-state index is 0. The van der Waals surface area contributed by atoms with Gasteiger partial charge in [-0.15, -0.1) is 0 Å². The number of rotatable bonds is 5. The van der Waals surface area contributed by atoms with Crippen LogP contribution >= 0.6 is 0 Å². The zero-order valence-electron chi connectivity index (χ0n) is 6.72. The fourth-order valence-corrected chi connectivity index (χ4v) is 0.728. The molecule has 1 atom stereocenters. The van der Waals surface area contributed by atoms with Gasteiger partial charge in [-0.3, -0.25) is 0 Å². The predicted octanol–water partition coefficient (Wildman–Crippen LogP) is -0.670. The van der Waals surface area contributed by atoms with E-state index in [-0.39, 0.29) is 19.6 Å². The number of carbonyl (C=O) groups excluding carboxylic acids is 2. The lowest BCUT2D eigenvalue weighted by Gasteiger charge is -2.15. The van der Waals surface area contributed by atoms with Gasteiger partial charge in [0.15, 0.2) is 0 Å². The highest BCUT2D eigenvalue weighted by Crippen LogP contribution is 1.95. The summed E-state index contributed by atoms with van der Waals surface area (Å²) in [5.41, 5.74) is 0. The molecule has 0 heterocycles. The van der Waals surface area contributed by atoms with E-state index >= 15 is 0 Å². The van der Waals surface area contributed by atoms with Crippen molar-refractivity contribution in [3.63, 3.8) is 0 Å². The molecule has 0 aromatic rings. The third-order valence-corrected chi connectivity index (χ3v) is 1.42. The van der Waals surface area contributed by atoms with Crippen molar-refractivity contribution in [1.82, 2.24) is 5.32 Å². The topological polar surface area (TPSA) is 69.2 Å². The van der Waals surface area contributed by atoms with Gasteiger partial charge in [0.05, 0.1) is 5.97 Å². The number of carboxylic acid groups (broad SMARTS) is 1. The minimum atomic E-state index is -1.16. The summed E-state index contributed by atoms with van der Waals surface area (Å²) in [6, 6.07) is -0.709. The van der Waals surface area contributed by atoms with Crippen LogP contribution in [0, 0.1) is 0 Å². The lowest BCUT2D eigenvalue weighted by atomic mass is 10.1. The standard InChI is InChI=1S/C7H13NO3.CH4/c1-5(9)3-4-6(8-2)7(10)11;/h6,8H,3-4H2,1-2H3,(H,10,11);1H4/p-1. The maximum absolute atomic E-state index is 10.4. The van der Waals surface area contributed by atoms with Crippen LogP contribution < -0.4 is 10.4 Å². The van der Waals surface area contributed by atoms with E-state index in [1.165, 1.54) is 14.0 Å². The van der Waals surface area contributed by atoms with Crippen molar-refractivity contribution >= 4 is 11.8 Å². The lowest BCUT2D eigenvalue weighted by Crippen LogP contribution is -2.43. The van der Waals surface area contributed by atoms with Crippen LogP contribution in [0.25, 0.3) is 0 Å². The lowest BCUT2D eigenvalue weighted by molar-refractivity contribution is -0.308. The first-order valence-corrected chi connectivity index (χ1v) is 3.45. The van der Waals surface area contributed by atoms with E-state index < -0.39 is 12.0 Å². The van der Waals surface area contributed by atoms with Gasteiger partial charge in [-0.1, -0.05) is 7.43 Å². The van der Waals surface area contributed by atoms with Crippen molar-refractivity contribution in [2.24, 2.45) is 0 Å². The van der Waals surface area contributed by atoms with Crippen LogP contribution in [0.3, 0.4) is 0 Å². The van der Waals surface area contributed by atoms with Crippen molar-refractivity contribution in [1.29, 1.82) is 0 Å². The Bertz CT molecular complexity index is 156. The van der Waals surface area contributed by atoms with Gasteiger partial charge in [-0.25, -0.2) is 0 Å². The second-order valence-corrected chi connectivity index (χ2v) is 2.40. The molecule has 0 saturated carbocycles. The first-order chi connectivity index (χ1) is 5.07. The first-order valence-electron chi connectivity index (χ1n) is 3.45. The molecule has 0 amide bonds. The molecule has 0 spiro atoms. The molecule has 0 radical (unpaired) electrons. The van der Waals surface area contributed by atoms with Crippen molar-refractivity contribution in [2.45, 2.75) is 33.2 Å². The Kier molecular flexibility index (Phi) is 7.73. The van der Waals surface area contributed by atoms with Gasteiger partial charge in [0.1, 0.15) is 5.78 Å². The molecule has 1 unspecified atom stereocenters. The molecule has 12 heavy (non-hydrogen) atoms. The molecule has 0 aliphatic carbocycles. The number of likely N-dealkylation sites (N-methyl/N-ethyl adjacent to an activating group) is 1. The molecule has 0 aliphatic rings. The highest BCUT2D eigenvalue weighted by atomic mass is 16.4. The van der Waals surface area contributed by atoms with Crippen molar-refractivity contribution in [2.75, 3.05) is 7.05 Å². The number of hydrogen-bond acceptors (Lipinski definition) is 4. The summed E-state index contributed by atoms with van der Waals surface area (Å²) in [5.74, 6) is -1.17. The molecule has 0 rings (SSSR count). The van der Waals surface area contributed by atoms with Crippen LogP contribution in [0.2, 0.25) is 0 Å². The Morgan fingerprint density at radius 1 is 1.50 bits per heavy atom. The molecular formula is C8H16NO3-. The number of ketones is 1. The normalized spacial score (nSPS) is 11.5. The summed E-state index contributed by atoms with van der Waals surface area (Å²) in [5, 5.41) is 12.8. The summed E-state index contributed by atoms with van der Waals surface area (Å²) in [7, 11) is 1.53. The van der Waals surface area contributed by atoms with Gasteiger partial charge in [-0.2, -0.15) is 0 Å². The number of aliphatic carboxylic acids is 1. The zero-order valence-corrected chi connectivity index (χ0v) is 6.72. The Morgan fingerprint density at radius 3 is 2.25 bits per heavy atom. The number of carboxylic acids is 1. The maximum atomic E-state index is 10.4. The zero-order chi connectivity index (χ0) is 8.85. The molecule has 0 bridgehead atoms. The molecule has 4 nitrogen and oxygen atoms in total. The molecular weight excluding hydrogens is 158 g/mol. The molecule has 1 N–H and O–H groups in total. The van der Waals surface area contributed by atoms with Crippen molar-refractivity contribution in [3.05, 3.63) is 0 Å². The average Bonchev–Trinajstić information content (AvgIpc) is 1.87. The van der Waals surface area contributed by atoms with Gasteiger partial charge < -0.3 is 20.0 Å². The molecule has 0 aromatic carbocycles. The fraction of sp³-hybridized carbons (Fsp3) is 0.750. The molecule has 0 aromatic heterocycles. The van der Waals surface area contributed by atoms with Gasteiger partial charge in [0.2, 0.25) is 0 Å². The van der Waals surface area contributed by atoms with Crippen LogP contribution in [-0.2, 0) is 9.59 Å². The molecule has 4 heteroatoms. The van der Waals surface area contributed by atoms with E-state index in [0.29, 0.717) is 6.42 Å². The van der Waals surface area contributed by atoms with Crippen LogP contribution in [0.4, 0.5) is 0 Å². The average molecular weight is 174 g/mol. The molecule has 72 valence electrons. The highest BCUT2D eigenvalue weighted by Gasteiger charge is 2.06. The second-order valence-electron chi connectivity index (χ2n) is 2.40. The third-order valence-electron chi connectivity index (χ3n) is 1.42. The molecule has 0 fully saturated rings. The number of carbonyl (C=O) groups is 2. The monoisotopic (exact) mass is 174 g/mol. The number of nitrogens with one attached hydrogen (secondary N) is 1. The van der Waals surface area contributed by atoms with Crippen LogP contribution in [-0.4, -0.2) is 24.8 Å². The van der Waals surface area contributed by atoms with Crippen LogP contribution in [0.15, 0.2) is 0 Å². The van der Waals surface area contributed by atoms with Crippen LogP contribution in [0.5, 0.6) is 0 Å². The Balaban J connectivity index is 0. The van der Waals surface area contributed by atoms with E-state index in [2.05, 4.69) is 5.32 Å². The predicted molar refractivity (Wildman–Crippen MR) is 44.5 cm³/mol. The van der Waals surface area contributed by atoms with Gasteiger partial charge in [0, 0.05) is 12.5 Å². The first kappa shape index (κ1) is 13.7. The summed E-state index contributed by atoms with van der Waals surface area (Å²) in [6.07, 6.45) is 0.577. The highest BCUT2D eigenvalue weighted by molar-refractivity contribution is 5.77. The van der Waals surface area contributed by atoms with E-state index in [9.17, 15) is 14.7 Å². The summed E-state index contributed by atoms with van der Waals surface area (Å²) >= 11 is 0. The largest absolute Gasteiger partial charge is 0.548 e. The van der Waals surface area contributed by atoms with Crippen molar-refractivity contribution < 1.29 is 14.7 Å².